The summed E-state index contributed by atoms with van der Waals surface area (Å²) in [7, 11) is 0. The second-order valence-corrected chi connectivity index (χ2v) is 3.37. The van der Waals surface area contributed by atoms with Gasteiger partial charge in [-0.25, -0.2) is 0 Å². The molecule has 78 valence electrons. The molecule has 1 rings (SSSR count). The number of alkyl halides is 3. The second kappa shape index (κ2) is 3.79. The van der Waals surface area contributed by atoms with Gasteiger partial charge in [-0.1, -0.05) is 11.6 Å². The van der Waals surface area contributed by atoms with E-state index in [0.717, 1.165) is 6.07 Å². The van der Waals surface area contributed by atoms with Gasteiger partial charge < -0.3 is 5.73 Å². The lowest BCUT2D eigenvalue weighted by Gasteiger charge is -2.13. The van der Waals surface area contributed by atoms with Crippen LogP contribution in [0.15, 0.2) is 12.1 Å². The number of rotatable bonds is 1. The van der Waals surface area contributed by atoms with Crippen molar-refractivity contribution in [2.75, 3.05) is 0 Å². The topological polar surface area (TPSA) is 26.0 Å². The number of nitrogens with two attached hydrogens (primary N) is 1. The van der Waals surface area contributed by atoms with Crippen LogP contribution in [0, 0.1) is 6.92 Å². The molecule has 0 heterocycles. The van der Waals surface area contributed by atoms with Gasteiger partial charge in [0.25, 0.3) is 0 Å². The fourth-order valence-electron chi connectivity index (χ4n) is 1.16. The number of benzene rings is 1. The first-order chi connectivity index (χ1) is 6.36. The van der Waals surface area contributed by atoms with Crippen LogP contribution in [0.2, 0.25) is 5.02 Å². The highest BCUT2D eigenvalue weighted by Crippen LogP contribution is 2.34. The molecular formula is C9H9ClF3N. The van der Waals surface area contributed by atoms with Crippen molar-refractivity contribution >= 4 is 11.6 Å². The molecule has 2 N–H and O–H groups in total. The molecule has 0 radical (unpaired) electrons. The molecule has 0 spiro atoms. The maximum absolute atomic E-state index is 12.4. The third-order valence-electron chi connectivity index (χ3n) is 1.91. The van der Waals surface area contributed by atoms with Crippen LogP contribution in [0.5, 0.6) is 0 Å². The minimum absolute atomic E-state index is 0.0214. The predicted molar refractivity (Wildman–Crippen MR) is 49.1 cm³/mol. The van der Waals surface area contributed by atoms with E-state index in [2.05, 4.69) is 0 Å². The van der Waals surface area contributed by atoms with Crippen molar-refractivity contribution in [2.24, 2.45) is 5.73 Å². The molecule has 5 heteroatoms. The van der Waals surface area contributed by atoms with Crippen LogP contribution in [0.1, 0.15) is 16.7 Å². The average molecular weight is 224 g/mol. The molecule has 0 bridgehead atoms. The van der Waals surface area contributed by atoms with E-state index in [0.29, 0.717) is 10.6 Å². The Balaban J connectivity index is 3.35. The van der Waals surface area contributed by atoms with Crippen LogP contribution < -0.4 is 5.73 Å². The van der Waals surface area contributed by atoms with Crippen LogP contribution in [-0.2, 0) is 12.7 Å². The van der Waals surface area contributed by atoms with Gasteiger partial charge in [-0.2, -0.15) is 13.2 Å². The van der Waals surface area contributed by atoms with E-state index >= 15 is 0 Å². The molecule has 0 saturated carbocycles. The summed E-state index contributed by atoms with van der Waals surface area (Å²) < 4.78 is 37.3. The average Bonchev–Trinajstić information content (AvgIpc) is 2.07. The zero-order valence-electron chi connectivity index (χ0n) is 7.45. The summed E-state index contributed by atoms with van der Waals surface area (Å²) in [5.74, 6) is 0. The van der Waals surface area contributed by atoms with Crippen LogP contribution in [-0.4, -0.2) is 0 Å². The van der Waals surface area contributed by atoms with Crippen molar-refractivity contribution in [3.8, 4) is 0 Å². The molecule has 0 aromatic heterocycles. The summed E-state index contributed by atoms with van der Waals surface area (Å²) in [6, 6.07) is 2.28. The van der Waals surface area contributed by atoms with Gasteiger partial charge >= 0.3 is 6.18 Å². The van der Waals surface area contributed by atoms with Gasteiger partial charge in [0.1, 0.15) is 0 Å². The molecule has 14 heavy (non-hydrogen) atoms. The lowest BCUT2D eigenvalue weighted by Crippen LogP contribution is -2.12. The Bertz CT molecular complexity index is 347. The van der Waals surface area contributed by atoms with Crippen LogP contribution >= 0.6 is 11.6 Å². The van der Waals surface area contributed by atoms with E-state index in [1.165, 1.54) is 13.0 Å². The predicted octanol–water partition coefficient (Wildman–Crippen LogP) is 3.13. The number of hydrogen-bond donors (Lipinski definition) is 1. The Morgan fingerprint density at radius 2 is 1.93 bits per heavy atom. The molecule has 0 amide bonds. The minimum Gasteiger partial charge on any atom is -0.326 e. The van der Waals surface area contributed by atoms with Crippen molar-refractivity contribution in [1.82, 2.24) is 0 Å². The molecule has 0 atom stereocenters. The van der Waals surface area contributed by atoms with E-state index in [-0.39, 0.29) is 12.1 Å². The largest absolute Gasteiger partial charge is 0.416 e. The summed E-state index contributed by atoms with van der Waals surface area (Å²) in [5.41, 5.74) is 4.92. The Labute approximate surface area is 84.7 Å². The second-order valence-electron chi connectivity index (χ2n) is 2.96. The van der Waals surface area contributed by atoms with Gasteiger partial charge in [0, 0.05) is 11.6 Å². The van der Waals surface area contributed by atoms with Crippen LogP contribution in [0.4, 0.5) is 13.2 Å². The zero-order chi connectivity index (χ0) is 10.9. The van der Waals surface area contributed by atoms with Gasteiger partial charge in [0.15, 0.2) is 0 Å². The molecule has 1 aromatic carbocycles. The maximum Gasteiger partial charge on any atom is 0.416 e. The lowest BCUT2D eigenvalue weighted by atomic mass is 10.0. The number of aryl methyl sites for hydroxylation is 1. The van der Waals surface area contributed by atoms with Gasteiger partial charge in [-0.05, 0) is 30.2 Å². The van der Waals surface area contributed by atoms with E-state index < -0.39 is 11.7 Å². The Morgan fingerprint density at radius 3 is 2.36 bits per heavy atom. The Hall–Kier alpha value is -0.740. The van der Waals surface area contributed by atoms with Gasteiger partial charge in [-0.3, -0.25) is 0 Å². The molecule has 1 aromatic rings. The highest BCUT2D eigenvalue weighted by molar-refractivity contribution is 6.31. The van der Waals surface area contributed by atoms with Gasteiger partial charge in [0.05, 0.1) is 5.56 Å². The normalized spacial score (nSPS) is 11.9. The van der Waals surface area contributed by atoms with E-state index in [1.807, 2.05) is 0 Å². The van der Waals surface area contributed by atoms with E-state index in [1.54, 1.807) is 0 Å². The third kappa shape index (κ3) is 2.19. The number of halogens is 4. The molecule has 0 aliphatic carbocycles. The molecule has 0 aliphatic heterocycles. The standard InChI is InChI=1S/C9H9ClF3N/c1-5-2-7(9(11,12)13)6(4-14)3-8(5)10/h2-3H,4,14H2,1H3. The summed E-state index contributed by atoms with van der Waals surface area (Å²) in [6.07, 6.45) is -4.37. The van der Waals surface area contributed by atoms with Crippen molar-refractivity contribution in [2.45, 2.75) is 19.6 Å². The van der Waals surface area contributed by atoms with Crippen molar-refractivity contribution in [3.05, 3.63) is 33.8 Å². The first kappa shape index (κ1) is 11.3. The van der Waals surface area contributed by atoms with Crippen molar-refractivity contribution in [1.29, 1.82) is 0 Å². The van der Waals surface area contributed by atoms with Crippen LogP contribution in [0.25, 0.3) is 0 Å². The SMILES string of the molecule is Cc1cc(C(F)(F)F)c(CN)cc1Cl. The smallest absolute Gasteiger partial charge is 0.326 e. The molecule has 0 fully saturated rings. The lowest BCUT2D eigenvalue weighted by molar-refractivity contribution is -0.138. The maximum atomic E-state index is 12.4. The van der Waals surface area contributed by atoms with E-state index in [4.69, 9.17) is 17.3 Å². The quantitative estimate of drug-likeness (QED) is 0.778. The minimum atomic E-state index is -4.37. The Kier molecular flexibility index (Phi) is 3.07. The first-order valence-electron chi connectivity index (χ1n) is 3.92. The highest BCUT2D eigenvalue weighted by atomic mass is 35.5. The molecule has 0 saturated heterocycles. The van der Waals surface area contributed by atoms with Crippen LogP contribution in [0.3, 0.4) is 0 Å². The summed E-state index contributed by atoms with van der Waals surface area (Å²) in [6.45, 7) is 1.35. The fourth-order valence-corrected chi connectivity index (χ4v) is 1.34. The zero-order valence-corrected chi connectivity index (χ0v) is 8.21. The summed E-state index contributed by atoms with van der Waals surface area (Å²) in [4.78, 5) is 0. The molecule has 1 nitrogen and oxygen atoms in total. The summed E-state index contributed by atoms with van der Waals surface area (Å²) >= 11 is 5.69. The first-order valence-corrected chi connectivity index (χ1v) is 4.30. The fraction of sp³-hybridized carbons (Fsp3) is 0.333. The highest BCUT2D eigenvalue weighted by Gasteiger charge is 2.33. The van der Waals surface area contributed by atoms with Gasteiger partial charge in [-0.15, -0.1) is 0 Å². The monoisotopic (exact) mass is 223 g/mol. The number of hydrogen-bond acceptors (Lipinski definition) is 1. The van der Waals surface area contributed by atoms with E-state index in [9.17, 15) is 13.2 Å². The molecule has 0 aliphatic rings. The Morgan fingerprint density at radius 1 is 1.36 bits per heavy atom. The summed E-state index contributed by atoms with van der Waals surface area (Å²) in [5, 5.41) is 0.304. The third-order valence-corrected chi connectivity index (χ3v) is 2.32. The van der Waals surface area contributed by atoms with Crippen molar-refractivity contribution in [3.63, 3.8) is 0 Å². The van der Waals surface area contributed by atoms with Crippen molar-refractivity contribution < 1.29 is 13.2 Å². The molecule has 0 unspecified atom stereocenters. The molecular weight excluding hydrogens is 215 g/mol. The van der Waals surface area contributed by atoms with Gasteiger partial charge in [0.2, 0.25) is 0 Å².